The van der Waals surface area contributed by atoms with Crippen LogP contribution in [0.5, 0.6) is 11.5 Å². The largest absolute Gasteiger partial charge is 0.493 e. The Kier molecular flexibility index (Phi) is 6.39. The highest BCUT2D eigenvalue weighted by Gasteiger charge is 2.08. The molecule has 1 N–H and O–H groups in total. The Hall–Kier alpha value is -3.02. The molecule has 6 nitrogen and oxygen atoms in total. The van der Waals surface area contributed by atoms with Crippen molar-refractivity contribution in [2.45, 2.75) is 6.54 Å². The molecule has 0 spiro atoms. The summed E-state index contributed by atoms with van der Waals surface area (Å²) in [4.78, 5) is 24.7. The van der Waals surface area contributed by atoms with Gasteiger partial charge >= 0.3 is 0 Å². The quantitative estimate of drug-likeness (QED) is 0.746. The molecule has 2 aromatic carbocycles. The molecule has 0 saturated heterocycles. The molecule has 0 aliphatic carbocycles. The molecule has 0 aromatic heterocycles. The van der Waals surface area contributed by atoms with Gasteiger partial charge in [-0.25, -0.2) is 0 Å². The first-order valence-electron chi connectivity index (χ1n) is 7.82. The first-order valence-corrected chi connectivity index (χ1v) is 7.82. The topological polar surface area (TPSA) is 67.9 Å². The second-order valence-corrected chi connectivity index (χ2v) is 5.65. The fraction of sp³-hybridized carbons (Fsp3) is 0.263. The summed E-state index contributed by atoms with van der Waals surface area (Å²) in [6, 6.07) is 12.7. The lowest BCUT2D eigenvalue weighted by atomic mass is 10.2. The van der Waals surface area contributed by atoms with Crippen LogP contribution in [0.25, 0.3) is 0 Å². The van der Waals surface area contributed by atoms with Crippen molar-refractivity contribution >= 4 is 17.9 Å². The fourth-order valence-electron chi connectivity index (χ4n) is 2.18. The van der Waals surface area contributed by atoms with Crippen LogP contribution < -0.4 is 19.7 Å². The van der Waals surface area contributed by atoms with Crippen molar-refractivity contribution in [2.24, 2.45) is 0 Å². The molecular weight excluding hydrogens is 320 g/mol. The zero-order valence-electron chi connectivity index (χ0n) is 14.6. The summed E-state index contributed by atoms with van der Waals surface area (Å²) in [6.07, 6.45) is 0.723. The molecule has 0 heterocycles. The summed E-state index contributed by atoms with van der Waals surface area (Å²) < 4.78 is 10.6. The Labute approximate surface area is 147 Å². The van der Waals surface area contributed by atoms with Crippen LogP contribution in [-0.4, -0.2) is 40.0 Å². The minimum atomic E-state index is -0.238. The second-order valence-electron chi connectivity index (χ2n) is 5.65. The number of carbonyl (C=O) groups is 2. The predicted molar refractivity (Wildman–Crippen MR) is 96.5 cm³/mol. The van der Waals surface area contributed by atoms with E-state index < -0.39 is 0 Å². The first kappa shape index (κ1) is 18.3. The molecule has 2 aromatic rings. The molecule has 1 amide bonds. The number of benzene rings is 2. The van der Waals surface area contributed by atoms with Crippen molar-refractivity contribution < 1.29 is 19.1 Å². The molecule has 132 valence electrons. The first-order chi connectivity index (χ1) is 12.0. The van der Waals surface area contributed by atoms with E-state index in [9.17, 15) is 9.59 Å². The number of amides is 1. The van der Waals surface area contributed by atoms with Gasteiger partial charge in [-0.2, -0.15) is 0 Å². The maximum Gasteiger partial charge on any atom is 0.258 e. The Morgan fingerprint density at radius 2 is 1.84 bits per heavy atom. The number of carbonyl (C=O) groups excluding carboxylic acids is 2. The lowest BCUT2D eigenvalue weighted by Gasteiger charge is -2.13. The number of anilines is 1. The van der Waals surface area contributed by atoms with E-state index in [4.69, 9.17) is 9.47 Å². The Morgan fingerprint density at radius 1 is 1.12 bits per heavy atom. The van der Waals surface area contributed by atoms with Crippen LogP contribution in [0.4, 0.5) is 5.69 Å². The molecule has 2 rings (SSSR count). The van der Waals surface area contributed by atoms with E-state index in [1.54, 1.807) is 18.2 Å². The molecule has 0 aliphatic rings. The Morgan fingerprint density at radius 3 is 2.44 bits per heavy atom. The summed E-state index contributed by atoms with van der Waals surface area (Å²) in [5.74, 6) is 0.591. The molecule has 0 saturated carbocycles. The molecule has 0 fully saturated rings. The zero-order chi connectivity index (χ0) is 18.2. The third-order valence-corrected chi connectivity index (χ3v) is 3.62. The Balaban J connectivity index is 1.85. The molecule has 0 atom stereocenters. The second kappa shape index (κ2) is 8.73. The molecule has 0 bridgehead atoms. The zero-order valence-corrected chi connectivity index (χ0v) is 14.6. The summed E-state index contributed by atoms with van der Waals surface area (Å²) in [7, 11) is 5.43. The van der Waals surface area contributed by atoms with Crippen LogP contribution in [0.2, 0.25) is 0 Å². The van der Waals surface area contributed by atoms with Crippen LogP contribution in [0.1, 0.15) is 15.9 Å². The van der Waals surface area contributed by atoms with Gasteiger partial charge in [0.15, 0.2) is 18.1 Å². The van der Waals surface area contributed by atoms with Crippen LogP contribution >= 0.6 is 0 Å². The van der Waals surface area contributed by atoms with E-state index in [2.05, 4.69) is 5.32 Å². The summed E-state index contributed by atoms with van der Waals surface area (Å²) >= 11 is 0. The molecule has 0 radical (unpaired) electrons. The van der Waals surface area contributed by atoms with Crippen molar-refractivity contribution in [1.29, 1.82) is 0 Å². The minimum Gasteiger partial charge on any atom is -0.493 e. The predicted octanol–water partition coefficient (Wildman–Crippen LogP) is 2.27. The minimum absolute atomic E-state index is 0.132. The number of hydrogen-bond acceptors (Lipinski definition) is 5. The summed E-state index contributed by atoms with van der Waals surface area (Å²) in [5.41, 5.74) is 2.59. The highest BCUT2D eigenvalue weighted by Crippen LogP contribution is 2.27. The van der Waals surface area contributed by atoms with Crippen LogP contribution in [0, 0.1) is 0 Å². The summed E-state index contributed by atoms with van der Waals surface area (Å²) in [5, 5.41) is 2.80. The highest BCUT2D eigenvalue weighted by molar-refractivity contribution is 5.78. The number of ether oxygens (including phenoxy) is 2. The van der Waals surface area contributed by atoms with Gasteiger partial charge in [-0.3, -0.25) is 9.59 Å². The van der Waals surface area contributed by atoms with Crippen LogP contribution in [0.3, 0.4) is 0 Å². The van der Waals surface area contributed by atoms with E-state index in [-0.39, 0.29) is 12.5 Å². The van der Waals surface area contributed by atoms with Crippen molar-refractivity contribution in [2.75, 3.05) is 32.7 Å². The third kappa shape index (κ3) is 5.24. The SMILES string of the molecule is COc1cc(C=O)ccc1OCC(=O)NCc1ccc(N(C)C)cc1. The number of nitrogens with one attached hydrogen (secondary N) is 1. The van der Waals surface area contributed by atoms with Gasteiger partial charge in [-0.1, -0.05) is 12.1 Å². The maximum absolute atomic E-state index is 11.9. The number of nitrogens with zero attached hydrogens (tertiary/aromatic N) is 1. The van der Waals surface area contributed by atoms with Crippen LogP contribution in [-0.2, 0) is 11.3 Å². The van der Waals surface area contributed by atoms with Gasteiger partial charge in [-0.05, 0) is 35.9 Å². The van der Waals surface area contributed by atoms with Gasteiger partial charge in [0.25, 0.3) is 5.91 Å². The van der Waals surface area contributed by atoms with Gasteiger partial charge in [0.2, 0.25) is 0 Å². The summed E-state index contributed by atoms with van der Waals surface area (Å²) in [6.45, 7) is 0.295. The number of aldehydes is 1. The lowest BCUT2D eigenvalue weighted by Crippen LogP contribution is -2.28. The third-order valence-electron chi connectivity index (χ3n) is 3.62. The van der Waals surface area contributed by atoms with Crippen molar-refractivity contribution in [3.63, 3.8) is 0 Å². The maximum atomic E-state index is 11.9. The van der Waals surface area contributed by atoms with Gasteiger partial charge in [-0.15, -0.1) is 0 Å². The highest BCUT2D eigenvalue weighted by atomic mass is 16.5. The molecular formula is C19H22N2O4. The lowest BCUT2D eigenvalue weighted by molar-refractivity contribution is -0.123. The number of methoxy groups -OCH3 is 1. The van der Waals surface area contributed by atoms with E-state index in [1.165, 1.54) is 7.11 Å². The Bertz CT molecular complexity index is 727. The normalized spacial score (nSPS) is 10.0. The van der Waals surface area contributed by atoms with E-state index in [0.29, 0.717) is 23.6 Å². The van der Waals surface area contributed by atoms with E-state index in [0.717, 1.165) is 17.5 Å². The van der Waals surface area contributed by atoms with Crippen molar-refractivity contribution in [1.82, 2.24) is 5.32 Å². The van der Waals surface area contributed by atoms with Crippen molar-refractivity contribution in [3.8, 4) is 11.5 Å². The fourth-order valence-corrected chi connectivity index (χ4v) is 2.18. The van der Waals surface area contributed by atoms with Crippen LogP contribution in [0.15, 0.2) is 42.5 Å². The smallest absolute Gasteiger partial charge is 0.258 e. The average molecular weight is 342 g/mol. The molecule has 25 heavy (non-hydrogen) atoms. The van der Waals surface area contributed by atoms with Gasteiger partial charge in [0.1, 0.15) is 6.29 Å². The van der Waals surface area contributed by atoms with Gasteiger partial charge in [0, 0.05) is 31.9 Å². The molecule has 0 aliphatic heterocycles. The van der Waals surface area contributed by atoms with E-state index >= 15 is 0 Å². The standard InChI is InChI=1S/C19H22N2O4/c1-21(2)16-7-4-14(5-8-16)11-20-19(23)13-25-17-9-6-15(12-22)10-18(17)24-3/h4-10,12H,11,13H2,1-3H3,(H,20,23). The average Bonchev–Trinajstić information content (AvgIpc) is 2.64. The number of hydrogen-bond donors (Lipinski definition) is 1. The van der Waals surface area contributed by atoms with Gasteiger partial charge < -0.3 is 19.7 Å². The van der Waals surface area contributed by atoms with Crippen molar-refractivity contribution in [3.05, 3.63) is 53.6 Å². The van der Waals surface area contributed by atoms with E-state index in [1.807, 2.05) is 43.3 Å². The number of rotatable bonds is 8. The monoisotopic (exact) mass is 342 g/mol. The molecule has 0 unspecified atom stereocenters. The molecule has 6 heteroatoms. The van der Waals surface area contributed by atoms with Gasteiger partial charge in [0.05, 0.1) is 7.11 Å².